The van der Waals surface area contributed by atoms with Crippen LogP contribution in [0.15, 0.2) is 9.59 Å². The highest BCUT2D eigenvalue weighted by Crippen LogP contribution is 2.19. The molecule has 0 radical (unpaired) electrons. The van der Waals surface area contributed by atoms with E-state index in [2.05, 4.69) is 15.1 Å². The molecular formula is C14H18N6O2. The summed E-state index contributed by atoms with van der Waals surface area (Å²) in [5.41, 5.74) is 2.78. The molecule has 1 N–H and O–H groups in total. The van der Waals surface area contributed by atoms with Gasteiger partial charge in [0.15, 0.2) is 11.2 Å². The molecule has 3 aromatic heterocycles. The van der Waals surface area contributed by atoms with Gasteiger partial charge in [0.25, 0.3) is 5.56 Å². The van der Waals surface area contributed by atoms with E-state index in [1.54, 1.807) is 16.3 Å². The molecule has 0 aliphatic carbocycles. The molecule has 116 valence electrons. The number of aryl methyl sites for hydroxylation is 3. The third-order valence-electron chi connectivity index (χ3n) is 4.15. The fourth-order valence-electron chi connectivity index (χ4n) is 2.60. The van der Waals surface area contributed by atoms with Crippen LogP contribution in [-0.2, 0) is 13.6 Å². The maximum atomic E-state index is 12.2. The summed E-state index contributed by atoms with van der Waals surface area (Å²) in [7, 11) is 1.59. The Hall–Kier alpha value is -2.64. The van der Waals surface area contributed by atoms with Crippen LogP contribution in [0.1, 0.15) is 23.9 Å². The normalized spacial score (nSPS) is 11.5. The van der Waals surface area contributed by atoms with Gasteiger partial charge in [-0.05, 0) is 33.3 Å². The van der Waals surface area contributed by atoms with Gasteiger partial charge in [0.05, 0.1) is 5.69 Å². The molecule has 0 aliphatic heterocycles. The van der Waals surface area contributed by atoms with E-state index in [9.17, 15) is 9.59 Å². The Bertz CT molecular complexity index is 1000. The number of imidazole rings is 1. The molecule has 0 atom stereocenters. The highest BCUT2D eigenvalue weighted by atomic mass is 16.2. The van der Waals surface area contributed by atoms with Crippen LogP contribution in [0.4, 0.5) is 0 Å². The molecule has 0 aliphatic rings. The first-order valence-corrected chi connectivity index (χ1v) is 7.09. The number of aromatic nitrogens is 6. The molecule has 0 aromatic carbocycles. The zero-order chi connectivity index (χ0) is 16.2. The Morgan fingerprint density at radius 2 is 1.86 bits per heavy atom. The minimum absolute atomic E-state index is 0.357. The van der Waals surface area contributed by atoms with Crippen molar-refractivity contribution < 1.29 is 0 Å². The number of nitrogens with zero attached hydrogens (tertiary/aromatic N) is 5. The van der Waals surface area contributed by atoms with E-state index in [1.807, 2.05) is 27.7 Å². The van der Waals surface area contributed by atoms with E-state index in [0.717, 1.165) is 17.0 Å². The zero-order valence-corrected chi connectivity index (χ0v) is 13.3. The number of aromatic amines is 1. The molecule has 0 fully saturated rings. The van der Waals surface area contributed by atoms with Crippen LogP contribution in [0.5, 0.6) is 0 Å². The van der Waals surface area contributed by atoms with Crippen LogP contribution in [0.3, 0.4) is 0 Å². The molecule has 3 aromatic rings. The summed E-state index contributed by atoms with van der Waals surface area (Å²) in [6.45, 7) is 8.35. The fourth-order valence-corrected chi connectivity index (χ4v) is 2.60. The molecule has 0 saturated heterocycles. The van der Waals surface area contributed by atoms with Gasteiger partial charge in [0.1, 0.15) is 0 Å². The predicted octanol–water partition coefficient (Wildman–Crippen LogP) is 0.554. The van der Waals surface area contributed by atoms with E-state index in [-0.39, 0.29) is 0 Å². The Labute approximate surface area is 126 Å². The standard InChI is InChI=1S/C14H18N6O2/c1-6-19-10-11(18(5)14(22)16-12(10)21)15-13(19)20-9(4)7(2)8(3)17-20/h6H2,1-5H3,(H,16,21,22). The minimum atomic E-state index is -0.477. The molecule has 3 heterocycles. The van der Waals surface area contributed by atoms with Gasteiger partial charge in [-0.15, -0.1) is 0 Å². The summed E-state index contributed by atoms with van der Waals surface area (Å²) < 4.78 is 4.83. The van der Waals surface area contributed by atoms with Gasteiger partial charge in [-0.25, -0.2) is 9.48 Å². The van der Waals surface area contributed by atoms with Gasteiger partial charge in [-0.1, -0.05) is 0 Å². The number of hydrogen-bond acceptors (Lipinski definition) is 4. The van der Waals surface area contributed by atoms with Crippen LogP contribution >= 0.6 is 0 Å². The third-order valence-corrected chi connectivity index (χ3v) is 4.15. The first-order valence-electron chi connectivity index (χ1n) is 7.09. The topological polar surface area (TPSA) is 90.5 Å². The van der Waals surface area contributed by atoms with Gasteiger partial charge < -0.3 is 4.57 Å². The van der Waals surface area contributed by atoms with Crippen LogP contribution in [0, 0.1) is 20.8 Å². The van der Waals surface area contributed by atoms with Crippen molar-refractivity contribution >= 4 is 11.2 Å². The fraction of sp³-hybridized carbons (Fsp3) is 0.429. The summed E-state index contributed by atoms with van der Waals surface area (Å²) in [4.78, 5) is 30.7. The Morgan fingerprint density at radius 1 is 1.18 bits per heavy atom. The largest absolute Gasteiger partial charge is 0.329 e. The molecule has 3 rings (SSSR count). The lowest BCUT2D eigenvalue weighted by atomic mass is 10.2. The molecule has 0 unspecified atom stereocenters. The Balaban J connectivity index is 2.48. The second kappa shape index (κ2) is 4.69. The predicted molar refractivity (Wildman–Crippen MR) is 82.6 cm³/mol. The third kappa shape index (κ3) is 1.76. The quantitative estimate of drug-likeness (QED) is 0.748. The summed E-state index contributed by atoms with van der Waals surface area (Å²) in [5, 5.41) is 4.50. The van der Waals surface area contributed by atoms with Gasteiger partial charge in [-0.2, -0.15) is 10.1 Å². The van der Waals surface area contributed by atoms with Gasteiger partial charge >= 0.3 is 5.69 Å². The summed E-state index contributed by atoms with van der Waals surface area (Å²) in [6.07, 6.45) is 0. The number of rotatable bonds is 2. The van der Waals surface area contributed by atoms with Crippen molar-refractivity contribution in [2.24, 2.45) is 7.05 Å². The van der Waals surface area contributed by atoms with Crippen molar-refractivity contribution in [3.63, 3.8) is 0 Å². The van der Waals surface area contributed by atoms with Crippen LogP contribution < -0.4 is 11.2 Å². The van der Waals surface area contributed by atoms with Crippen molar-refractivity contribution in [3.8, 4) is 5.95 Å². The lowest BCUT2D eigenvalue weighted by Crippen LogP contribution is -2.29. The maximum Gasteiger partial charge on any atom is 0.329 e. The SMILES string of the molecule is CCn1c(-n2nc(C)c(C)c2C)nc2c1c(=O)[nH]c(=O)n2C. The van der Waals surface area contributed by atoms with Crippen LogP contribution in [0.25, 0.3) is 17.1 Å². The molecule has 0 bridgehead atoms. The highest BCUT2D eigenvalue weighted by molar-refractivity contribution is 5.72. The van der Waals surface area contributed by atoms with E-state index in [4.69, 9.17) is 0 Å². The number of H-pyrrole nitrogens is 1. The molecule has 8 heteroatoms. The van der Waals surface area contributed by atoms with Crippen LogP contribution in [0.2, 0.25) is 0 Å². The smallest absolute Gasteiger partial charge is 0.303 e. The first kappa shape index (κ1) is 14.3. The van der Waals surface area contributed by atoms with Gasteiger partial charge in [-0.3, -0.25) is 14.3 Å². The zero-order valence-electron chi connectivity index (χ0n) is 13.3. The number of nitrogens with one attached hydrogen (secondary N) is 1. The second-order valence-corrected chi connectivity index (χ2v) is 5.35. The van der Waals surface area contributed by atoms with Gasteiger partial charge in [0, 0.05) is 19.3 Å². The van der Waals surface area contributed by atoms with Gasteiger partial charge in [0.2, 0.25) is 5.95 Å². The molecule has 0 amide bonds. The molecular weight excluding hydrogens is 284 g/mol. The monoisotopic (exact) mass is 302 g/mol. The minimum Gasteiger partial charge on any atom is -0.303 e. The van der Waals surface area contributed by atoms with E-state index in [0.29, 0.717) is 23.7 Å². The van der Waals surface area contributed by atoms with Crippen molar-refractivity contribution in [1.29, 1.82) is 0 Å². The van der Waals surface area contributed by atoms with E-state index < -0.39 is 11.2 Å². The number of hydrogen-bond donors (Lipinski definition) is 1. The van der Waals surface area contributed by atoms with E-state index in [1.165, 1.54) is 4.57 Å². The first-order chi connectivity index (χ1) is 10.4. The average molecular weight is 302 g/mol. The summed E-state index contributed by atoms with van der Waals surface area (Å²) >= 11 is 0. The molecule has 0 spiro atoms. The maximum absolute atomic E-state index is 12.2. The lowest BCUT2D eigenvalue weighted by molar-refractivity contribution is 0.685. The van der Waals surface area contributed by atoms with Crippen molar-refractivity contribution in [2.75, 3.05) is 0 Å². The van der Waals surface area contributed by atoms with E-state index >= 15 is 0 Å². The molecule has 22 heavy (non-hydrogen) atoms. The molecule has 0 saturated carbocycles. The summed E-state index contributed by atoms with van der Waals surface area (Å²) in [5.74, 6) is 0.540. The summed E-state index contributed by atoms with van der Waals surface area (Å²) in [6, 6.07) is 0. The average Bonchev–Trinajstić information content (AvgIpc) is 2.98. The Kier molecular flexibility index (Phi) is 3.05. The number of fused-ring (bicyclic) bond motifs is 1. The lowest BCUT2D eigenvalue weighted by Gasteiger charge is -2.06. The molecule has 8 nitrogen and oxygen atoms in total. The van der Waals surface area contributed by atoms with Crippen LogP contribution in [-0.4, -0.2) is 28.9 Å². The van der Waals surface area contributed by atoms with Crippen molar-refractivity contribution in [2.45, 2.75) is 34.2 Å². The second-order valence-electron chi connectivity index (χ2n) is 5.35. The van der Waals surface area contributed by atoms with Crippen molar-refractivity contribution in [3.05, 3.63) is 37.8 Å². The van der Waals surface area contributed by atoms with Crippen molar-refractivity contribution in [1.82, 2.24) is 28.9 Å². The highest BCUT2D eigenvalue weighted by Gasteiger charge is 2.20. The Morgan fingerprint density at radius 3 is 2.41 bits per heavy atom.